The van der Waals surface area contributed by atoms with Gasteiger partial charge in [-0.25, -0.2) is 4.79 Å². The van der Waals surface area contributed by atoms with Crippen molar-refractivity contribution in [2.75, 3.05) is 26.2 Å². The number of pyridine rings is 1. The van der Waals surface area contributed by atoms with Gasteiger partial charge in [0.25, 0.3) is 0 Å². The fourth-order valence-electron chi connectivity index (χ4n) is 3.80. The quantitative estimate of drug-likeness (QED) is 0.275. The predicted octanol–water partition coefficient (Wildman–Crippen LogP) is 4.01. The molecular formula is C22H21F3N2O4. The summed E-state index contributed by atoms with van der Waals surface area (Å²) in [6.07, 6.45) is -2.09. The summed E-state index contributed by atoms with van der Waals surface area (Å²) >= 11 is 0. The van der Waals surface area contributed by atoms with Crippen molar-refractivity contribution in [2.24, 2.45) is 0 Å². The number of hydrogen-bond donors (Lipinski definition) is 1. The summed E-state index contributed by atoms with van der Waals surface area (Å²) < 4.78 is 48.7. The van der Waals surface area contributed by atoms with Crippen LogP contribution in [-0.4, -0.2) is 48.3 Å². The third-order valence-electron chi connectivity index (χ3n) is 5.26. The second-order valence-corrected chi connectivity index (χ2v) is 7.48. The number of carbonyl (C=O) groups excluding carboxylic acids is 1. The standard InChI is InChI=1S/C22H21F3N2O4/c23-22(24,25)21(29)31-18-13-14(30-11-5-10-27-8-3-4-9-27)12-17-19(18)20(28)15-6-1-2-7-16(15)26-17/h1-2,6-7,12-13H,3-5,8-11H2,(H,26,28). The average molecular weight is 434 g/mol. The summed E-state index contributed by atoms with van der Waals surface area (Å²) in [5.41, 5.74) is 0.208. The van der Waals surface area contributed by atoms with E-state index < -0.39 is 23.3 Å². The highest BCUT2D eigenvalue weighted by Crippen LogP contribution is 2.31. The molecule has 4 rings (SSSR count). The van der Waals surface area contributed by atoms with Gasteiger partial charge in [-0.3, -0.25) is 4.79 Å². The van der Waals surface area contributed by atoms with Crippen LogP contribution in [0.25, 0.3) is 21.8 Å². The van der Waals surface area contributed by atoms with Gasteiger partial charge in [0.05, 0.1) is 17.5 Å². The molecule has 164 valence electrons. The topological polar surface area (TPSA) is 71.6 Å². The normalized spacial score (nSPS) is 14.9. The van der Waals surface area contributed by atoms with Gasteiger partial charge < -0.3 is 19.4 Å². The molecule has 1 aliphatic rings. The molecule has 1 fully saturated rings. The lowest BCUT2D eigenvalue weighted by molar-refractivity contribution is -0.189. The number of nitrogens with one attached hydrogen (secondary N) is 1. The van der Waals surface area contributed by atoms with Crippen molar-refractivity contribution < 1.29 is 27.4 Å². The summed E-state index contributed by atoms with van der Waals surface area (Å²) in [6, 6.07) is 9.29. The first-order chi connectivity index (χ1) is 14.8. The number of likely N-dealkylation sites (tertiary alicyclic amines) is 1. The molecule has 0 bridgehead atoms. The lowest BCUT2D eigenvalue weighted by Gasteiger charge is -2.15. The zero-order chi connectivity index (χ0) is 22.0. The van der Waals surface area contributed by atoms with Gasteiger partial charge in [0, 0.05) is 29.6 Å². The molecule has 1 N–H and O–H groups in total. The van der Waals surface area contributed by atoms with Gasteiger partial charge in [-0.15, -0.1) is 0 Å². The van der Waals surface area contributed by atoms with E-state index in [9.17, 15) is 22.8 Å². The number of hydrogen-bond acceptors (Lipinski definition) is 5. The number of fused-ring (bicyclic) bond motifs is 2. The molecule has 1 saturated heterocycles. The Hall–Kier alpha value is -3.07. The SMILES string of the molecule is O=C(Oc1cc(OCCCN2CCCC2)cc2[nH]c3ccccc3c(=O)c12)C(F)(F)F. The Morgan fingerprint density at radius 1 is 1.10 bits per heavy atom. The summed E-state index contributed by atoms with van der Waals surface area (Å²) in [5.74, 6) is -2.67. The van der Waals surface area contributed by atoms with Crippen molar-refractivity contribution in [3.8, 4) is 11.5 Å². The maximum atomic E-state index is 12.9. The van der Waals surface area contributed by atoms with E-state index >= 15 is 0 Å². The third-order valence-corrected chi connectivity index (χ3v) is 5.26. The van der Waals surface area contributed by atoms with Crippen molar-refractivity contribution in [1.29, 1.82) is 0 Å². The van der Waals surface area contributed by atoms with Crippen LogP contribution < -0.4 is 14.9 Å². The number of rotatable bonds is 6. The minimum absolute atomic E-state index is 0.138. The van der Waals surface area contributed by atoms with Gasteiger partial charge in [-0.05, 0) is 44.5 Å². The highest BCUT2D eigenvalue weighted by Gasteiger charge is 2.41. The maximum absolute atomic E-state index is 12.9. The number of H-pyrrole nitrogens is 1. The van der Waals surface area contributed by atoms with Crippen LogP contribution >= 0.6 is 0 Å². The molecular weight excluding hydrogens is 413 g/mol. The molecule has 0 saturated carbocycles. The first kappa shape index (κ1) is 21.2. The van der Waals surface area contributed by atoms with Crippen molar-refractivity contribution in [1.82, 2.24) is 9.88 Å². The van der Waals surface area contributed by atoms with Crippen LogP contribution in [0, 0.1) is 0 Å². The zero-order valence-electron chi connectivity index (χ0n) is 16.6. The summed E-state index contributed by atoms with van der Waals surface area (Å²) in [5, 5.41) is 0.138. The van der Waals surface area contributed by atoms with Crippen molar-refractivity contribution >= 4 is 27.8 Å². The number of para-hydroxylation sites is 1. The molecule has 0 amide bonds. The van der Waals surface area contributed by atoms with Crippen LogP contribution in [0.15, 0.2) is 41.2 Å². The smallest absolute Gasteiger partial charge is 0.491 e. The van der Waals surface area contributed by atoms with Gasteiger partial charge in [-0.1, -0.05) is 12.1 Å². The Labute approximate surface area is 175 Å². The average Bonchev–Trinajstić information content (AvgIpc) is 3.24. The van der Waals surface area contributed by atoms with Crippen molar-refractivity contribution in [3.05, 3.63) is 46.6 Å². The van der Waals surface area contributed by atoms with Crippen LogP contribution in [0.3, 0.4) is 0 Å². The molecule has 3 aromatic rings. The largest absolute Gasteiger partial charge is 0.493 e. The van der Waals surface area contributed by atoms with Gasteiger partial charge in [-0.2, -0.15) is 13.2 Å². The second kappa shape index (κ2) is 8.58. The molecule has 0 radical (unpaired) electrons. The molecule has 0 unspecified atom stereocenters. The third kappa shape index (κ3) is 4.66. The number of halogens is 3. The molecule has 9 heteroatoms. The molecule has 2 aromatic carbocycles. The van der Waals surface area contributed by atoms with Gasteiger partial charge in [0.2, 0.25) is 5.43 Å². The second-order valence-electron chi connectivity index (χ2n) is 7.48. The highest BCUT2D eigenvalue weighted by molar-refractivity contribution is 5.97. The zero-order valence-corrected chi connectivity index (χ0v) is 16.6. The molecule has 1 aromatic heterocycles. The van der Waals surface area contributed by atoms with E-state index in [4.69, 9.17) is 4.74 Å². The van der Waals surface area contributed by atoms with Crippen LogP contribution in [0.4, 0.5) is 13.2 Å². The number of nitrogens with zero attached hydrogens (tertiary/aromatic N) is 1. The van der Waals surface area contributed by atoms with E-state index in [2.05, 4.69) is 14.6 Å². The van der Waals surface area contributed by atoms with Crippen LogP contribution in [0.2, 0.25) is 0 Å². The van der Waals surface area contributed by atoms with E-state index in [0.717, 1.165) is 32.1 Å². The summed E-state index contributed by atoms with van der Waals surface area (Å²) in [6.45, 7) is 3.32. The number of benzene rings is 2. The lowest BCUT2D eigenvalue weighted by Crippen LogP contribution is -2.28. The molecule has 2 heterocycles. The van der Waals surface area contributed by atoms with Gasteiger partial charge >= 0.3 is 12.1 Å². The predicted molar refractivity (Wildman–Crippen MR) is 110 cm³/mol. The number of alkyl halides is 3. The summed E-state index contributed by atoms with van der Waals surface area (Å²) in [7, 11) is 0. The van der Waals surface area contributed by atoms with Crippen molar-refractivity contribution in [3.63, 3.8) is 0 Å². The Morgan fingerprint density at radius 3 is 2.58 bits per heavy atom. The fraction of sp³-hybridized carbons (Fsp3) is 0.364. The monoisotopic (exact) mass is 434 g/mol. The number of carbonyl (C=O) groups is 1. The first-order valence-corrected chi connectivity index (χ1v) is 10.1. The lowest BCUT2D eigenvalue weighted by atomic mass is 10.1. The Bertz CT molecular complexity index is 1170. The van der Waals surface area contributed by atoms with Crippen LogP contribution in [0.1, 0.15) is 19.3 Å². The minimum atomic E-state index is -5.19. The van der Waals surface area contributed by atoms with Gasteiger partial charge in [0.15, 0.2) is 0 Å². The van der Waals surface area contributed by atoms with E-state index in [-0.39, 0.29) is 22.0 Å². The summed E-state index contributed by atoms with van der Waals surface area (Å²) in [4.78, 5) is 29.7. The number of ether oxygens (including phenoxy) is 2. The molecule has 0 aliphatic carbocycles. The molecule has 0 spiro atoms. The van der Waals surface area contributed by atoms with Gasteiger partial charge in [0.1, 0.15) is 11.5 Å². The highest BCUT2D eigenvalue weighted by atomic mass is 19.4. The van der Waals surface area contributed by atoms with E-state index in [1.807, 2.05) is 0 Å². The maximum Gasteiger partial charge on any atom is 0.491 e. The first-order valence-electron chi connectivity index (χ1n) is 10.1. The van der Waals surface area contributed by atoms with E-state index in [1.54, 1.807) is 24.3 Å². The van der Waals surface area contributed by atoms with Crippen LogP contribution in [-0.2, 0) is 4.79 Å². The van der Waals surface area contributed by atoms with Crippen molar-refractivity contribution in [2.45, 2.75) is 25.4 Å². The Balaban J connectivity index is 1.67. The van der Waals surface area contributed by atoms with Crippen LogP contribution in [0.5, 0.6) is 11.5 Å². The minimum Gasteiger partial charge on any atom is -0.493 e. The fourth-order valence-corrected chi connectivity index (χ4v) is 3.80. The van der Waals surface area contributed by atoms with E-state index in [1.165, 1.54) is 18.9 Å². The molecule has 31 heavy (non-hydrogen) atoms. The molecule has 0 atom stereocenters. The number of esters is 1. The molecule has 6 nitrogen and oxygen atoms in total. The Kier molecular flexibility index (Phi) is 5.86. The molecule has 1 aliphatic heterocycles. The number of aromatic amines is 1. The Morgan fingerprint density at radius 2 is 1.84 bits per heavy atom. The van der Waals surface area contributed by atoms with E-state index in [0.29, 0.717) is 12.1 Å². The number of aromatic nitrogens is 1.